The number of hydrogen-bond acceptors (Lipinski definition) is 1. The highest BCUT2D eigenvalue weighted by Crippen LogP contribution is 2.26. The Bertz CT molecular complexity index is 733. The van der Waals surface area contributed by atoms with Crippen LogP contribution in [0.2, 0.25) is 0 Å². The number of carbonyl (C=O) groups is 1. The quantitative estimate of drug-likeness (QED) is 0.0479. The van der Waals surface area contributed by atoms with Crippen LogP contribution in [0.15, 0.2) is 0 Å². The molecule has 342 valence electrons. The van der Waals surface area contributed by atoms with Gasteiger partial charge in [-0.05, 0) is 37.0 Å². The molecule has 0 aliphatic heterocycles. The van der Waals surface area contributed by atoms with Gasteiger partial charge in [-0.25, -0.2) is 0 Å². The SMILES string of the molecule is CCCCCCCCCCCCCCCCCCC(CCCCCCCCCCCCCCCCCC)CCCCC(CCC(C)CCCC(C)C)NC(=O)CBr. The molecule has 2 unspecified atom stereocenters. The van der Waals surface area contributed by atoms with Crippen LogP contribution in [0.4, 0.5) is 0 Å². The van der Waals surface area contributed by atoms with Crippen LogP contribution in [0.25, 0.3) is 0 Å². The molecule has 0 bridgehead atoms. The van der Waals surface area contributed by atoms with Gasteiger partial charge in [-0.3, -0.25) is 4.79 Å². The van der Waals surface area contributed by atoms with E-state index >= 15 is 0 Å². The van der Waals surface area contributed by atoms with Crippen LogP contribution in [0.5, 0.6) is 0 Å². The lowest BCUT2D eigenvalue weighted by atomic mass is 9.88. The molecule has 0 rings (SSSR count). The maximum atomic E-state index is 12.4. The number of halogens is 1. The highest BCUT2D eigenvalue weighted by atomic mass is 79.9. The van der Waals surface area contributed by atoms with E-state index in [4.69, 9.17) is 0 Å². The maximum absolute atomic E-state index is 12.4. The van der Waals surface area contributed by atoms with Crippen molar-refractivity contribution in [1.82, 2.24) is 5.32 Å². The lowest BCUT2D eigenvalue weighted by molar-refractivity contribution is -0.119. The number of rotatable bonds is 48. The average molecular weight is 867 g/mol. The number of alkyl halides is 1. The van der Waals surface area contributed by atoms with Crippen LogP contribution in [-0.2, 0) is 4.79 Å². The highest BCUT2D eigenvalue weighted by molar-refractivity contribution is 9.09. The first kappa shape index (κ1) is 57.0. The van der Waals surface area contributed by atoms with Gasteiger partial charge in [0.1, 0.15) is 0 Å². The van der Waals surface area contributed by atoms with Crippen molar-refractivity contribution in [3.05, 3.63) is 0 Å². The summed E-state index contributed by atoms with van der Waals surface area (Å²) < 4.78 is 0. The molecule has 57 heavy (non-hydrogen) atoms. The van der Waals surface area contributed by atoms with Gasteiger partial charge in [0.25, 0.3) is 0 Å². The van der Waals surface area contributed by atoms with E-state index in [0.29, 0.717) is 11.4 Å². The van der Waals surface area contributed by atoms with Crippen LogP contribution in [-0.4, -0.2) is 17.3 Å². The van der Waals surface area contributed by atoms with E-state index in [1.54, 1.807) is 0 Å². The van der Waals surface area contributed by atoms with Crippen molar-refractivity contribution in [2.75, 3.05) is 5.33 Å². The molecular formula is C54H108BrNO. The summed E-state index contributed by atoms with van der Waals surface area (Å²) in [5.74, 6) is 2.65. The fourth-order valence-corrected chi connectivity index (χ4v) is 9.44. The Balaban J connectivity index is 4.41. The molecule has 0 saturated carbocycles. The molecule has 2 nitrogen and oxygen atoms in total. The number of nitrogens with one attached hydrogen (secondary N) is 1. The second kappa shape index (κ2) is 47.0. The molecule has 0 aromatic carbocycles. The van der Waals surface area contributed by atoms with Crippen molar-refractivity contribution in [3.8, 4) is 0 Å². The van der Waals surface area contributed by atoms with Crippen molar-refractivity contribution in [1.29, 1.82) is 0 Å². The van der Waals surface area contributed by atoms with Crippen molar-refractivity contribution in [3.63, 3.8) is 0 Å². The Kier molecular flexibility index (Phi) is 47.0. The molecule has 0 spiro atoms. The summed E-state index contributed by atoms with van der Waals surface area (Å²) in [5, 5.41) is 3.79. The summed E-state index contributed by atoms with van der Waals surface area (Å²) in [4.78, 5) is 12.4. The Hall–Kier alpha value is -0.0500. The molecule has 0 radical (unpaired) electrons. The summed E-state index contributed by atoms with van der Waals surface area (Å²) in [5.41, 5.74) is 0. The van der Waals surface area contributed by atoms with Gasteiger partial charge in [-0.15, -0.1) is 0 Å². The molecule has 0 aromatic heterocycles. The molecule has 0 aromatic rings. The molecule has 0 heterocycles. The third-order valence-corrected chi connectivity index (χ3v) is 13.8. The molecule has 2 atom stereocenters. The Morgan fingerprint density at radius 1 is 0.368 bits per heavy atom. The van der Waals surface area contributed by atoms with Gasteiger partial charge < -0.3 is 5.32 Å². The van der Waals surface area contributed by atoms with E-state index < -0.39 is 0 Å². The van der Waals surface area contributed by atoms with Crippen LogP contribution in [0, 0.1) is 17.8 Å². The van der Waals surface area contributed by atoms with Gasteiger partial charge in [0.15, 0.2) is 0 Å². The minimum atomic E-state index is 0.164. The summed E-state index contributed by atoms with van der Waals surface area (Å²) in [6.45, 7) is 11.7. The second-order valence-electron chi connectivity index (χ2n) is 19.7. The third-order valence-electron chi connectivity index (χ3n) is 13.3. The summed E-state index contributed by atoms with van der Waals surface area (Å²) in [7, 11) is 0. The van der Waals surface area contributed by atoms with E-state index in [2.05, 4.69) is 55.9 Å². The molecule has 0 aliphatic rings. The molecule has 0 fully saturated rings. The molecule has 3 heteroatoms. The van der Waals surface area contributed by atoms with E-state index in [9.17, 15) is 4.79 Å². The molecule has 1 N–H and O–H groups in total. The van der Waals surface area contributed by atoms with Crippen molar-refractivity contribution < 1.29 is 4.79 Å². The fraction of sp³-hybridized carbons (Fsp3) is 0.981. The van der Waals surface area contributed by atoms with E-state index in [-0.39, 0.29) is 5.91 Å². The summed E-state index contributed by atoms with van der Waals surface area (Å²) in [6, 6.07) is 0.349. The summed E-state index contributed by atoms with van der Waals surface area (Å²) in [6.07, 6.45) is 61.0. The maximum Gasteiger partial charge on any atom is 0.230 e. The van der Waals surface area contributed by atoms with E-state index in [1.807, 2.05) is 0 Å². The minimum Gasteiger partial charge on any atom is -0.353 e. The van der Waals surface area contributed by atoms with Crippen molar-refractivity contribution >= 4 is 21.8 Å². The zero-order valence-corrected chi connectivity index (χ0v) is 41.8. The van der Waals surface area contributed by atoms with Gasteiger partial charge in [0.2, 0.25) is 5.91 Å². The first-order valence-corrected chi connectivity index (χ1v) is 27.9. The van der Waals surface area contributed by atoms with Crippen LogP contribution in [0.1, 0.15) is 311 Å². The topological polar surface area (TPSA) is 29.1 Å². The third kappa shape index (κ3) is 45.3. The van der Waals surface area contributed by atoms with Crippen LogP contribution < -0.4 is 5.32 Å². The Morgan fingerprint density at radius 3 is 1.02 bits per heavy atom. The second-order valence-corrected chi connectivity index (χ2v) is 20.3. The van der Waals surface area contributed by atoms with Crippen LogP contribution in [0.3, 0.4) is 0 Å². The van der Waals surface area contributed by atoms with Gasteiger partial charge in [0, 0.05) is 6.04 Å². The standard InChI is InChI=1S/C54H108BrNO/c1-6-8-10-12-14-16-18-20-22-24-26-28-30-32-34-36-43-52(44-37-35-33-31-29-27-25-23-21-19-17-15-13-11-9-7-2)45-38-39-46-53(56-54(57)49-55)48-47-51(5)42-40-41-50(3)4/h50-53H,6-49H2,1-5H3,(H,56,57). The van der Waals surface area contributed by atoms with Gasteiger partial charge >= 0.3 is 0 Å². The predicted molar refractivity (Wildman–Crippen MR) is 263 cm³/mol. The predicted octanol–water partition coefficient (Wildman–Crippen LogP) is 19.6. The average Bonchev–Trinajstić information content (AvgIpc) is 3.20. The molecule has 0 saturated heterocycles. The number of amides is 1. The number of carbonyl (C=O) groups excluding carboxylic acids is 1. The Labute approximate surface area is 370 Å². The largest absolute Gasteiger partial charge is 0.353 e. The zero-order valence-electron chi connectivity index (χ0n) is 40.2. The van der Waals surface area contributed by atoms with E-state index in [1.165, 1.54) is 263 Å². The normalized spacial score (nSPS) is 12.9. The van der Waals surface area contributed by atoms with Gasteiger partial charge in [-0.2, -0.15) is 0 Å². The first-order chi connectivity index (χ1) is 27.9. The molecular weight excluding hydrogens is 759 g/mol. The lowest BCUT2D eigenvalue weighted by Gasteiger charge is -2.22. The number of hydrogen-bond donors (Lipinski definition) is 1. The van der Waals surface area contributed by atoms with E-state index in [0.717, 1.165) is 30.6 Å². The van der Waals surface area contributed by atoms with Crippen molar-refractivity contribution in [2.24, 2.45) is 17.8 Å². The zero-order chi connectivity index (χ0) is 41.7. The number of unbranched alkanes of at least 4 members (excludes halogenated alkanes) is 31. The van der Waals surface area contributed by atoms with Crippen molar-refractivity contribution in [2.45, 2.75) is 317 Å². The van der Waals surface area contributed by atoms with Crippen LogP contribution >= 0.6 is 15.9 Å². The van der Waals surface area contributed by atoms with Gasteiger partial charge in [-0.1, -0.05) is 307 Å². The minimum absolute atomic E-state index is 0.164. The molecule has 0 aliphatic carbocycles. The monoisotopic (exact) mass is 866 g/mol. The first-order valence-electron chi connectivity index (χ1n) is 26.8. The fourth-order valence-electron chi connectivity index (χ4n) is 9.28. The molecule has 1 amide bonds. The summed E-state index contributed by atoms with van der Waals surface area (Å²) >= 11 is 3.40. The van der Waals surface area contributed by atoms with Gasteiger partial charge in [0.05, 0.1) is 5.33 Å². The Morgan fingerprint density at radius 2 is 0.684 bits per heavy atom. The lowest BCUT2D eigenvalue weighted by Crippen LogP contribution is -2.35. The smallest absolute Gasteiger partial charge is 0.230 e. The highest BCUT2D eigenvalue weighted by Gasteiger charge is 2.15.